The summed E-state index contributed by atoms with van der Waals surface area (Å²) in [5, 5.41) is 4.71. The van der Waals surface area contributed by atoms with Crippen molar-refractivity contribution in [3.8, 4) is 5.69 Å². The Labute approximate surface area is 250 Å². The number of alkyl halides is 1. The molecule has 3 heterocycles. The maximum Gasteiger partial charge on any atom is 0.226 e. The average Bonchev–Trinajstić information content (AvgIpc) is 3.78. The molecule has 0 N–H and O–H groups in total. The Balaban J connectivity index is 1.17. The molecule has 232 valence electrons. The molecular weight excluding hydrogens is 558 g/mol. The summed E-state index contributed by atoms with van der Waals surface area (Å²) < 4.78 is 66.3. The summed E-state index contributed by atoms with van der Waals surface area (Å²) in [4.78, 5) is 0. The number of nitrogens with zero attached hydrogens (tertiary/aromatic N) is 2. The lowest BCUT2D eigenvalue weighted by Gasteiger charge is -2.62. The smallest absolute Gasteiger partial charge is 0.226 e. The molecule has 1 unspecified atom stereocenters. The van der Waals surface area contributed by atoms with Crippen LogP contribution in [0.5, 0.6) is 0 Å². The molecule has 1 aromatic carbocycles. The molecule has 10 heteroatoms. The van der Waals surface area contributed by atoms with Crippen molar-refractivity contribution in [2.75, 3.05) is 34.1 Å². The Morgan fingerprint density at radius 1 is 1.14 bits per heavy atom. The lowest BCUT2D eigenvalue weighted by atomic mass is 9.45. The molecule has 8 rings (SSSR count). The molecule has 2 saturated heterocycles. The normalized spacial score (nSPS) is 41.3. The lowest BCUT2D eigenvalue weighted by Crippen LogP contribution is -2.66. The first-order valence-corrected chi connectivity index (χ1v) is 15.5. The zero-order valence-corrected chi connectivity index (χ0v) is 25.1. The predicted molar refractivity (Wildman–Crippen MR) is 151 cm³/mol. The number of hydrogen-bond donors (Lipinski definition) is 0. The van der Waals surface area contributed by atoms with Gasteiger partial charge in [-0.25, -0.2) is 13.5 Å². The van der Waals surface area contributed by atoms with Crippen molar-refractivity contribution in [2.24, 2.45) is 28.6 Å². The van der Waals surface area contributed by atoms with E-state index in [0.29, 0.717) is 24.1 Å². The van der Waals surface area contributed by atoms with Gasteiger partial charge in [-0.15, -0.1) is 0 Å². The van der Waals surface area contributed by atoms with Crippen LogP contribution in [0.15, 0.2) is 30.0 Å². The number of ether oxygens (including phenoxy) is 6. The van der Waals surface area contributed by atoms with Crippen molar-refractivity contribution >= 4 is 6.08 Å². The van der Waals surface area contributed by atoms with Crippen molar-refractivity contribution in [2.45, 2.75) is 76.5 Å². The largest absolute Gasteiger partial charge is 0.359 e. The summed E-state index contributed by atoms with van der Waals surface area (Å²) in [6.45, 7) is 4.95. The van der Waals surface area contributed by atoms with E-state index in [1.54, 1.807) is 19.2 Å². The molecule has 8 nitrogen and oxygen atoms in total. The maximum atomic E-state index is 14.1. The first-order chi connectivity index (χ1) is 20.8. The third-order valence-electron chi connectivity index (χ3n) is 12.2. The molecule has 0 radical (unpaired) electrons. The second-order valence-corrected chi connectivity index (χ2v) is 13.8. The molecule has 0 amide bonds. The van der Waals surface area contributed by atoms with Crippen LogP contribution in [-0.4, -0.2) is 61.4 Å². The number of halogens is 2. The fraction of sp³-hybridized carbons (Fsp3) is 0.667. The van der Waals surface area contributed by atoms with Crippen LogP contribution in [0.25, 0.3) is 11.8 Å². The molecule has 2 aromatic rings. The summed E-state index contributed by atoms with van der Waals surface area (Å²) in [5.41, 5.74) is 3.29. The molecule has 5 fully saturated rings. The van der Waals surface area contributed by atoms with Gasteiger partial charge < -0.3 is 28.4 Å². The van der Waals surface area contributed by atoms with E-state index in [2.05, 4.69) is 19.9 Å². The fourth-order valence-corrected chi connectivity index (χ4v) is 10.4. The van der Waals surface area contributed by atoms with Gasteiger partial charge in [0.05, 0.1) is 23.7 Å². The van der Waals surface area contributed by atoms with E-state index in [0.717, 1.165) is 49.8 Å². The van der Waals surface area contributed by atoms with Crippen molar-refractivity contribution in [3.05, 3.63) is 52.6 Å². The second-order valence-electron chi connectivity index (χ2n) is 13.8. The van der Waals surface area contributed by atoms with Crippen LogP contribution in [0.3, 0.4) is 0 Å². The summed E-state index contributed by atoms with van der Waals surface area (Å²) in [7, 11) is 1.67. The van der Waals surface area contributed by atoms with Crippen LogP contribution in [0.1, 0.15) is 62.8 Å². The standard InChI is InChI=1S/C33H40F2N2O6/c1-30-12-21-15-36-37(23-5-7-26(35)20(10-23)14-34)27(21)11-22(30)4-6-24-25-8-9-32(33(43-19-41-32)16-39-18-42-33)31(25,2)13-28(29(24)30)40-17-38-3/h5,7,10-11,15,24-25,28-29H,4,6,8-9,12-14,16-19H2,1-3H3/t24-,25-,28-,29+,30-,31-,32+,33?/m0/s1. The summed E-state index contributed by atoms with van der Waals surface area (Å²) in [5.74, 6) is -0.301. The molecule has 2 aliphatic heterocycles. The van der Waals surface area contributed by atoms with E-state index in [1.165, 1.54) is 11.6 Å². The Morgan fingerprint density at radius 2 is 2.00 bits per heavy atom. The number of benzene rings is 1. The molecule has 43 heavy (non-hydrogen) atoms. The van der Waals surface area contributed by atoms with E-state index in [-0.39, 0.29) is 48.8 Å². The number of fused-ring (bicyclic) bond motifs is 8. The van der Waals surface area contributed by atoms with Gasteiger partial charge >= 0.3 is 0 Å². The van der Waals surface area contributed by atoms with Gasteiger partial charge in [-0.2, -0.15) is 5.10 Å². The Kier molecular flexibility index (Phi) is 6.51. The van der Waals surface area contributed by atoms with E-state index in [1.807, 2.05) is 10.9 Å². The maximum absolute atomic E-state index is 14.1. The van der Waals surface area contributed by atoms with Crippen molar-refractivity contribution in [1.82, 2.24) is 9.78 Å². The minimum atomic E-state index is -0.879. The number of aromatic nitrogens is 2. The first-order valence-electron chi connectivity index (χ1n) is 15.5. The molecule has 1 aromatic heterocycles. The number of hydrogen-bond acceptors (Lipinski definition) is 7. The van der Waals surface area contributed by atoms with Gasteiger partial charge in [-0.3, -0.25) is 0 Å². The Hall–Kier alpha value is -2.21. The third kappa shape index (κ3) is 3.71. The Bertz CT molecular complexity index is 1450. The van der Waals surface area contributed by atoms with Gasteiger partial charge in [0.15, 0.2) is 13.6 Å². The highest BCUT2D eigenvalue weighted by Crippen LogP contribution is 2.72. The van der Waals surface area contributed by atoms with Gasteiger partial charge in [0, 0.05) is 18.1 Å². The zero-order chi connectivity index (χ0) is 29.6. The van der Waals surface area contributed by atoms with Crippen molar-refractivity contribution < 1.29 is 37.2 Å². The van der Waals surface area contributed by atoms with Gasteiger partial charge in [0.2, 0.25) is 5.79 Å². The van der Waals surface area contributed by atoms with Crippen LogP contribution in [0, 0.1) is 34.4 Å². The molecule has 4 aliphatic carbocycles. The molecular formula is C33H40F2N2O6. The average molecular weight is 599 g/mol. The molecule has 0 bridgehead atoms. The molecule has 3 saturated carbocycles. The monoisotopic (exact) mass is 598 g/mol. The third-order valence-corrected chi connectivity index (χ3v) is 12.2. The highest BCUT2D eigenvalue weighted by atomic mass is 19.1. The quantitative estimate of drug-likeness (QED) is 0.409. The van der Waals surface area contributed by atoms with E-state index in [9.17, 15) is 8.78 Å². The van der Waals surface area contributed by atoms with Crippen LogP contribution in [-0.2, 0) is 41.5 Å². The SMILES string of the molecule is COCO[C@H]1C[C@@]2(C)[C@@H](CC[C@@]23OCOC32COCO2)[C@@H]2CCC3=Cc4c(cnn4-c4ccc(F)c(CF)c4)C[C@]3(C)[C@H]21. The van der Waals surface area contributed by atoms with Crippen LogP contribution in [0.4, 0.5) is 8.78 Å². The van der Waals surface area contributed by atoms with Gasteiger partial charge in [0.1, 0.15) is 31.5 Å². The highest BCUT2D eigenvalue weighted by molar-refractivity contribution is 5.62. The minimum Gasteiger partial charge on any atom is -0.359 e. The highest BCUT2D eigenvalue weighted by Gasteiger charge is 2.77. The molecule has 6 aliphatic rings. The topological polar surface area (TPSA) is 73.2 Å². The van der Waals surface area contributed by atoms with Crippen LogP contribution in [0.2, 0.25) is 0 Å². The van der Waals surface area contributed by atoms with Crippen LogP contribution < -0.4 is 0 Å². The van der Waals surface area contributed by atoms with Crippen LogP contribution >= 0.6 is 0 Å². The van der Waals surface area contributed by atoms with E-state index < -0.39 is 23.9 Å². The van der Waals surface area contributed by atoms with Crippen molar-refractivity contribution in [1.29, 1.82) is 0 Å². The Morgan fingerprint density at radius 3 is 2.79 bits per heavy atom. The number of allylic oxidation sites excluding steroid dienone is 1. The summed E-state index contributed by atoms with van der Waals surface area (Å²) in [6, 6.07) is 4.54. The van der Waals surface area contributed by atoms with Gasteiger partial charge in [-0.1, -0.05) is 19.4 Å². The fourth-order valence-electron chi connectivity index (χ4n) is 10.4. The van der Waals surface area contributed by atoms with Gasteiger partial charge in [0.25, 0.3) is 0 Å². The zero-order valence-electron chi connectivity index (χ0n) is 25.1. The summed E-state index contributed by atoms with van der Waals surface area (Å²) >= 11 is 0. The number of rotatable bonds is 5. The van der Waals surface area contributed by atoms with Gasteiger partial charge in [-0.05, 0) is 91.5 Å². The van der Waals surface area contributed by atoms with E-state index >= 15 is 0 Å². The molecule has 8 atom stereocenters. The molecule has 2 spiro atoms. The number of methoxy groups -OCH3 is 1. The first kappa shape index (κ1) is 28.3. The second kappa shape index (κ2) is 9.89. The minimum absolute atomic E-state index is 0.0428. The van der Waals surface area contributed by atoms with E-state index in [4.69, 9.17) is 33.5 Å². The summed E-state index contributed by atoms with van der Waals surface area (Å²) in [6.07, 6.45) is 9.72. The predicted octanol–water partition coefficient (Wildman–Crippen LogP) is 5.71. The van der Waals surface area contributed by atoms with Crippen molar-refractivity contribution in [3.63, 3.8) is 0 Å². The lowest BCUT2D eigenvalue weighted by molar-refractivity contribution is -0.264.